The van der Waals surface area contributed by atoms with Gasteiger partial charge in [-0.3, -0.25) is 4.79 Å². The van der Waals surface area contributed by atoms with Crippen molar-refractivity contribution in [3.05, 3.63) is 29.6 Å². The average molecular weight is 341 g/mol. The summed E-state index contributed by atoms with van der Waals surface area (Å²) in [6, 6.07) is 4.82. The van der Waals surface area contributed by atoms with Crippen LogP contribution in [-0.2, 0) is 16.0 Å². The van der Waals surface area contributed by atoms with Crippen LogP contribution in [0.5, 0.6) is 0 Å². The summed E-state index contributed by atoms with van der Waals surface area (Å²) in [5.74, 6) is 0.763. The lowest BCUT2D eigenvalue weighted by molar-refractivity contribution is -0.118. The number of nitrogens with zero attached hydrogens (tertiary/aromatic N) is 2. The number of rotatable bonds is 6. The van der Waals surface area contributed by atoms with Crippen LogP contribution in [0.15, 0.2) is 22.7 Å². The molecule has 3 N–H and O–H groups in total. The Morgan fingerprint density at radius 2 is 2.22 bits per heavy atom. The van der Waals surface area contributed by atoms with Gasteiger partial charge in [-0.2, -0.15) is 4.98 Å². The first-order valence-electron chi connectivity index (χ1n) is 7.04. The summed E-state index contributed by atoms with van der Waals surface area (Å²) in [6.07, 6.45) is 0.699. The standard InChI is InChI=1S/C15H20N4O3.ClH/c1-4-13-18-15(22-19-13)10-6-5-9(2)12(7-10)17-14(20)11(16)8-21-3;/h5-7,11H,4,8,16H2,1-3H3,(H,17,20);1H. The highest BCUT2D eigenvalue weighted by molar-refractivity contribution is 5.95. The molecule has 1 atom stereocenters. The smallest absolute Gasteiger partial charge is 0.257 e. The quantitative estimate of drug-likeness (QED) is 0.833. The van der Waals surface area contributed by atoms with Gasteiger partial charge in [-0.1, -0.05) is 18.1 Å². The highest BCUT2D eigenvalue weighted by Gasteiger charge is 2.15. The fourth-order valence-corrected chi connectivity index (χ4v) is 1.89. The lowest BCUT2D eigenvalue weighted by Gasteiger charge is -2.13. The minimum absolute atomic E-state index is 0. The van der Waals surface area contributed by atoms with E-state index in [4.69, 9.17) is 15.0 Å². The van der Waals surface area contributed by atoms with Gasteiger partial charge in [0.2, 0.25) is 5.91 Å². The van der Waals surface area contributed by atoms with Crippen molar-refractivity contribution in [1.82, 2.24) is 10.1 Å². The van der Waals surface area contributed by atoms with Crippen LogP contribution in [0.1, 0.15) is 18.3 Å². The molecule has 2 aromatic rings. The van der Waals surface area contributed by atoms with Gasteiger partial charge in [0.05, 0.1) is 6.61 Å². The third-order valence-corrected chi connectivity index (χ3v) is 3.21. The van der Waals surface area contributed by atoms with E-state index in [1.165, 1.54) is 7.11 Å². The van der Waals surface area contributed by atoms with E-state index in [2.05, 4.69) is 15.5 Å². The number of methoxy groups -OCH3 is 1. The maximum absolute atomic E-state index is 12.0. The van der Waals surface area contributed by atoms with Gasteiger partial charge in [0.15, 0.2) is 5.82 Å². The van der Waals surface area contributed by atoms with Gasteiger partial charge in [-0.05, 0) is 24.6 Å². The van der Waals surface area contributed by atoms with Crippen molar-refractivity contribution in [1.29, 1.82) is 0 Å². The summed E-state index contributed by atoms with van der Waals surface area (Å²) in [5.41, 5.74) is 8.03. The summed E-state index contributed by atoms with van der Waals surface area (Å²) in [6.45, 7) is 4.01. The van der Waals surface area contributed by atoms with E-state index in [9.17, 15) is 4.79 Å². The third kappa shape index (κ3) is 4.75. The van der Waals surface area contributed by atoms with Crippen LogP contribution in [0.4, 0.5) is 5.69 Å². The number of aromatic nitrogens is 2. The Kier molecular flexibility index (Phi) is 7.15. The Bertz CT molecular complexity index is 660. The molecule has 2 rings (SSSR count). The Balaban J connectivity index is 0.00000264. The fraction of sp³-hybridized carbons (Fsp3) is 0.400. The minimum Gasteiger partial charge on any atom is -0.383 e. The van der Waals surface area contributed by atoms with Crippen molar-refractivity contribution in [2.45, 2.75) is 26.3 Å². The topological polar surface area (TPSA) is 103 Å². The van der Waals surface area contributed by atoms with E-state index in [-0.39, 0.29) is 24.9 Å². The molecule has 0 fully saturated rings. The Hall–Kier alpha value is -1.96. The monoisotopic (exact) mass is 340 g/mol. The number of amides is 1. The van der Waals surface area contributed by atoms with E-state index >= 15 is 0 Å². The van der Waals surface area contributed by atoms with E-state index in [1.807, 2.05) is 26.0 Å². The van der Waals surface area contributed by atoms with Crippen LogP contribution < -0.4 is 11.1 Å². The molecule has 1 aromatic heterocycles. The van der Waals surface area contributed by atoms with Crippen LogP contribution in [0.3, 0.4) is 0 Å². The molecule has 23 heavy (non-hydrogen) atoms. The Labute approximate surface area is 141 Å². The Morgan fingerprint density at radius 3 is 2.83 bits per heavy atom. The molecule has 7 nitrogen and oxygen atoms in total. The summed E-state index contributed by atoms with van der Waals surface area (Å²) in [5, 5.41) is 6.66. The third-order valence-electron chi connectivity index (χ3n) is 3.21. The number of halogens is 1. The van der Waals surface area contributed by atoms with E-state index < -0.39 is 6.04 Å². The zero-order valence-corrected chi connectivity index (χ0v) is 14.1. The molecular weight excluding hydrogens is 320 g/mol. The summed E-state index contributed by atoms with van der Waals surface area (Å²) < 4.78 is 10.1. The number of nitrogens with one attached hydrogen (secondary N) is 1. The number of hydrogen-bond acceptors (Lipinski definition) is 6. The maximum Gasteiger partial charge on any atom is 0.257 e. The van der Waals surface area contributed by atoms with Crippen molar-refractivity contribution >= 4 is 24.0 Å². The second kappa shape index (κ2) is 8.61. The predicted molar refractivity (Wildman–Crippen MR) is 89.6 cm³/mol. The van der Waals surface area contributed by atoms with Crippen molar-refractivity contribution in [3.63, 3.8) is 0 Å². The molecule has 0 saturated carbocycles. The van der Waals surface area contributed by atoms with E-state index in [1.54, 1.807) is 6.07 Å². The largest absolute Gasteiger partial charge is 0.383 e. The molecule has 8 heteroatoms. The van der Waals surface area contributed by atoms with Gasteiger partial charge in [0.25, 0.3) is 5.89 Å². The molecule has 0 spiro atoms. The van der Waals surface area contributed by atoms with Gasteiger partial charge >= 0.3 is 0 Å². The molecule has 126 valence electrons. The summed E-state index contributed by atoms with van der Waals surface area (Å²) >= 11 is 0. The SMILES string of the molecule is CCc1noc(-c2ccc(C)c(NC(=O)C(N)COC)c2)n1.Cl. The zero-order valence-electron chi connectivity index (χ0n) is 13.3. The second-order valence-electron chi connectivity index (χ2n) is 4.95. The first-order chi connectivity index (χ1) is 10.5. The molecule has 0 aliphatic carbocycles. The number of hydrogen-bond donors (Lipinski definition) is 2. The lowest BCUT2D eigenvalue weighted by atomic mass is 10.1. The molecule has 1 unspecified atom stereocenters. The predicted octanol–water partition coefficient (Wildman–Crippen LogP) is 1.94. The first kappa shape index (κ1) is 19.1. The van der Waals surface area contributed by atoms with Crippen molar-refractivity contribution in [2.75, 3.05) is 19.0 Å². The minimum atomic E-state index is -0.719. The van der Waals surface area contributed by atoms with E-state index in [0.717, 1.165) is 11.1 Å². The van der Waals surface area contributed by atoms with Crippen LogP contribution in [0.25, 0.3) is 11.5 Å². The van der Waals surface area contributed by atoms with Gasteiger partial charge in [0, 0.05) is 24.8 Å². The molecule has 0 saturated heterocycles. The number of carbonyl (C=O) groups excluding carboxylic acids is 1. The van der Waals surface area contributed by atoms with Crippen molar-refractivity contribution in [3.8, 4) is 11.5 Å². The molecular formula is C15H21ClN4O3. The van der Waals surface area contributed by atoms with Gasteiger partial charge in [-0.25, -0.2) is 0 Å². The first-order valence-corrected chi connectivity index (χ1v) is 7.04. The molecule has 1 aromatic carbocycles. The van der Waals surface area contributed by atoms with Crippen molar-refractivity contribution < 1.29 is 14.1 Å². The average Bonchev–Trinajstić information content (AvgIpc) is 2.98. The lowest BCUT2D eigenvalue weighted by Crippen LogP contribution is -2.39. The van der Waals surface area contributed by atoms with Gasteiger partial charge < -0.3 is 20.3 Å². The number of carbonyl (C=O) groups is 1. The summed E-state index contributed by atoms with van der Waals surface area (Å²) in [4.78, 5) is 16.3. The number of benzene rings is 1. The number of aryl methyl sites for hydroxylation is 2. The zero-order chi connectivity index (χ0) is 16.1. The maximum atomic E-state index is 12.0. The second-order valence-corrected chi connectivity index (χ2v) is 4.95. The summed E-state index contributed by atoms with van der Waals surface area (Å²) in [7, 11) is 1.50. The highest BCUT2D eigenvalue weighted by atomic mass is 35.5. The van der Waals surface area contributed by atoms with Crippen LogP contribution >= 0.6 is 12.4 Å². The van der Waals surface area contributed by atoms with Crippen LogP contribution in [-0.4, -0.2) is 35.8 Å². The highest BCUT2D eigenvalue weighted by Crippen LogP contribution is 2.24. The molecule has 1 heterocycles. The van der Waals surface area contributed by atoms with Gasteiger partial charge in [-0.15, -0.1) is 12.4 Å². The number of anilines is 1. The van der Waals surface area contributed by atoms with Crippen LogP contribution in [0.2, 0.25) is 0 Å². The number of ether oxygens (including phenoxy) is 1. The molecule has 0 radical (unpaired) electrons. The molecule has 0 bridgehead atoms. The van der Waals surface area contributed by atoms with Gasteiger partial charge in [0.1, 0.15) is 6.04 Å². The fourth-order valence-electron chi connectivity index (χ4n) is 1.89. The Morgan fingerprint density at radius 1 is 1.48 bits per heavy atom. The van der Waals surface area contributed by atoms with Crippen molar-refractivity contribution in [2.24, 2.45) is 5.73 Å². The number of nitrogens with two attached hydrogens (primary N) is 1. The normalized spacial score (nSPS) is 11.7. The molecule has 0 aliphatic heterocycles. The molecule has 0 aliphatic rings. The van der Waals surface area contributed by atoms with Crippen LogP contribution in [0, 0.1) is 6.92 Å². The van der Waals surface area contributed by atoms with E-state index in [0.29, 0.717) is 23.8 Å². The molecule has 1 amide bonds.